The van der Waals surface area contributed by atoms with Crippen molar-refractivity contribution in [1.82, 2.24) is 0 Å². The molecule has 0 bridgehead atoms. The second-order valence-corrected chi connectivity index (χ2v) is 5.48. The van der Waals surface area contributed by atoms with E-state index in [9.17, 15) is 0 Å². The van der Waals surface area contributed by atoms with Crippen LogP contribution in [0, 0.1) is 11.8 Å². The molecule has 78 valence electrons. The van der Waals surface area contributed by atoms with Crippen LogP contribution in [0.2, 0.25) is 0 Å². The molecule has 0 aliphatic heterocycles. The fraction of sp³-hybridized carbons (Fsp3) is 1.00. The van der Waals surface area contributed by atoms with Crippen LogP contribution in [0.4, 0.5) is 0 Å². The maximum atomic E-state index is 6.37. The molecule has 0 atom stereocenters. The maximum absolute atomic E-state index is 6.37. The average Bonchev–Trinajstić information content (AvgIpc) is 2.08. The smallest absolute Gasteiger partial charge is 0.0154 e. The van der Waals surface area contributed by atoms with Gasteiger partial charge in [0.05, 0.1) is 0 Å². The first-order valence-corrected chi connectivity index (χ1v) is 5.81. The Labute approximate surface area is 83.1 Å². The Morgan fingerprint density at radius 1 is 1.31 bits per heavy atom. The Morgan fingerprint density at radius 2 is 1.85 bits per heavy atom. The topological polar surface area (TPSA) is 26.0 Å². The van der Waals surface area contributed by atoms with Crippen LogP contribution in [-0.4, -0.2) is 5.54 Å². The van der Waals surface area contributed by atoms with Crippen LogP contribution in [0.15, 0.2) is 0 Å². The molecule has 1 aliphatic rings. The standard InChI is InChI=1S/C12H25N/c1-10(2)4-7-12(13)8-5-11(3)6-9-12/h10-11H,4-9,13H2,1-3H3. The molecule has 1 rings (SSSR count). The van der Waals surface area contributed by atoms with Gasteiger partial charge in [-0.2, -0.15) is 0 Å². The van der Waals surface area contributed by atoms with Crippen molar-refractivity contribution in [2.24, 2.45) is 17.6 Å². The molecule has 1 fully saturated rings. The first kappa shape index (κ1) is 11.0. The lowest BCUT2D eigenvalue weighted by Crippen LogP contribution is -2.43. The second-order valence-electron chi connectivity index (χ2n) is 5.48. The van der Waals surface area contributed by atoms with Gasteiger partial charge < -0.3 is 5.73 Å². The highest BCUT2D eigenvalue weighted by atomic mass is 14.7. The van der Waals surface area contributed by atoms with Gasteiger partial charge in [0.2, 0.25) is 0 Å². The number of rotatable bonds is 3. The maximum Gasteiger partial charge on any atom is 0.0154 e. The van der Waals surface area contributed by atoms with E-state index in [4.69, 9.17) is 5.73 Å². The van der Waals surface area contributed by atoms with Crippen molar-refractivity contribution in [2.75, 3.05) is 0 Å². The molecule has 0 amide bonds. The SMILES string of the molecule is CC(C)CCC1(N)CCC(C)CC1. The van der Waals surface area contributed by atoms with Gasteiger partial charge >= 0.3 is 0 Å². The summed E-state index contributed by atoms with van der Waals surface area (Å²) >= 11 is 0. The van der Waals surface area contributed by atoms with Gasteiger partial charge in [-0.3, -0.25) is 0 Å². The van der Waals surface area contributed by atoms with E-state index in [1.807, 2.05) is 0 Å². The van der Waals surface area contributed by atoms with E-state index in [0.29, 0.717) is 0 Å². The molecule has 1 nitrogen and oxygen atoms in total. The van der Waals surface area contributed by atoms with Gasteiger partial charge in [0.25, 0.3) is 0 Å². The minimum atomic E-state index is 0.191. The predicted molar refractivity (Wildman–Crippen MR) is 58.6 cm³/mol. The van der Waals surface area contributed by atoms with Gasteiger partial charge in [0.1, 0.15) is 0 Å². The van der Waals surface area contributed by atoms with Crippen LogP contribution in [0.5, 0.6) is 0 Å². The van der Waals surface area contributed by atoms with E-state index in [0.717, 1.165) is 11.8 Å². The van der Waals surface area contributed by atoms with Crippen LogP contribution in [0.3, 0.4) is 0 Å². The Hall–Kier alpha value is -0.0400. The summed E-state index contributed by atoms with van der Waals surface area (Å²) in [5, 5.41) is 0. The van der Waals surface area contributed by atoms with Crippen molar-refractivity contribution in [2.45, 2.75) is 64.8 Å². The lowest BCUT2D eigenvalue weighted by molar-refractivity contribution is 0.221. The number of hydrogen-bond acceptors (Lipinski definition) is 1. The number of hydrogen-bond donors (Lipinski definition) is 1. The average molecular weight is 183 g/mol. The fourth-order valence-corrected chi connectivity index (χ4v) is 2.16. The molecule has 0 unspecified atom stereocenters. The van der Waals surface area contributed by atoms with Gasteiger partial charge in [0.15, 0.2) is 0 Å². The monoisotopic (exact) mass is 183 g/mol. The van der Waals surface area contributed by atoms with Crippen molar-refractivity contribution < 1.29 is 0 Å². The minimum absolute atomic E-state index is 0.191. The van der Waals surface area contributed by atoms with Crippen molar-refractivity contribution in [3.8, 4) is 0 Å². The molecule has 0 heterocycles. The van der Waals surface area contributed by atoms with E-state index >= 15 is 0 Å². The van der Waals surface area contributed by atoms with Crippen LogP contribution in [0.1, 0.15) is 59.3 Å². The third-order valence-electron chi connectivity index (χ3n) is 3.49. The predicted octanol–water partition coefficient (Wildman–Crippen LogP) is 3.33. The quantitative estimate of drug-likeness (QED) is 0.713. The van der Waals surface area contributed by atoms with Crippen LogP contribution >= 0.6 is 0 Å². The Balaban J connectivity index is 2.30. The molecule has 1 saturated carbocycles. The van der Waals surface area contributed by atoms with Gasteiger partial charge in [-0.15, -0.1) is 0 Å². The zero-order valence-electron chi connectivity index (χ0n) is 9.47. The van der Waals surface area contributed by atoms with Gasteiger partial charge in [0, 0.05) is 5.54 Å². The largest absolute Gasteiger partial charge is 0.325 e. The van der Waals surface area contributed by atoms with Crippen molar-refractivity contribution in [1.29, 1.82) is 0 Å². The molecule has 0 aromatic rings. The van der Waals surface area contributed by atoms with Crippen LogP contribution in [0.25, 0.3) is 0 Å². The Kier molecular flexibility index (Phi) is 3.78. The van der Waals surface area contributed by atoms with Crippen molar-refractivity contribution in [3.05, 3.63) is 0 Å². The van der Waals surface area contributed by atoms with E-state index < -0.39 is 0 Å². The highest BCUT2D eigenvalue weighted by Gasteiger charge is 2.29. The van der Waals surface area contributed by atoms with Gasteiger partial charge in [-0.25, -0.2) is 0 Å². The summed E-state index contributed by atoms with van der Waals surface area (Å²) in [6.45, 7) is 6.92. The summed E-state index contributed by atoms with van der Waals surface area (Å²) in [6, 6.07) is 0. The van der Waals surface area contributed by atoms with Crippen LogP contribution < -0.4 is 5.73 Å². The molecule has 2 N–H and O–H groups in total. The van der Waals surface area contributed by atoms with E-state index in [-0.39, 0.29) is 5.54 Å². The normalized spacial score (nSPS) is 35.3. The lowest BCUT2D eigenvalue weighted by atomic mass is 9.75. The third kappa shape index (κ3) is 3.68. The molecular formula is C12H25N. The molecule has 0 aromatic heterocycles. The molecule has 0 saturated heterocycles. The molecular weight excluding hydrogens is 158 g/mol. The Morgan fingerprint density at radius 3 is 2.31 bits per heavy atom. The fourth-order valence-electron chi connectivity index (χ4n) is 2.16. The first-order valence-electron chi connectivity index (χ1n) is 5.81. The molecule has 0 aromatic carbocycles. The van der Waals surface area contributed by atoms with E-state index in [1.54, 1.807) is 0 Å². The summed E-state index contributed by atoms with van der Waals surface area (Å²) in [7, 11) is 0. The highest BCUT2D eigenvalue weighted by Crippen LogP contribution is 2.33. The van der Waals surface area contributed by atoms with Gasteiger partial charge in [-0.1, -0.05) is 20.8 Å². The lowest BCUT2D eigenvalue weighted by Gasteiger charge is -2.36. The molecule has 1 heteroatoms. The summed E-state index contributed by atoms with van der Waals surface area (Å²) in [6.07, 6.45) is 7.72. The second kappa shape index (κ2) is 4.45. The Bertz CT molecular complexity index is 143. The minimum Gasteiger partial charge on any atom is -0.325 e. The number of nitrogens with two attached hydrogens (primary N) is 1. The van der Waals surface area contributed by atoms with E-state index in [1.165, 1.54) is 38.5 Å². The third-order valence-corrected chi connectivity index (χ3v) is 3.49. The highest BCUT2D eigenvalue weighted by molar-refractivity contribution is 4.88. The summed E-state index contributed by atoms with van der Waals surface area (Å²) < 4.78 is 0. The molecule has 0 spiro atoms. The van der Waals surface area contributed by atoms with Crippen molar-refractivity contribution in [3.63, 3.8) is 0 Å². The summed E-state index contributed by atoms with van der Waals surface area (Å²) in [5.74, 6) is 1.72. The van der Waals surface area contributed by atoms with Crippen LogP contribution in [-0.2, 0) is 0 Å². The zero-order valence-corrected chi connectivity index (χ0v) is 9.47. The van der Waals surface area contributed by atoms with Crippen molar-refractivity contribution >= 4 is 0 Å². The van der Waals surface area contributed by atoms with Gasteiger partial charge in [-0.05, 0) is 50.4 Å². The van der Waals surface area contributed by atoms with E-state index in [2.05, 4.69) is 20.8 Å². The molecule has 1 aliphatic carbocycles. The zero-order chi connectivity index (χ0) is 9.90. The summed E-state index contributed by atoms with van der Waals surface area (Å²) in [4.78, 5) is 0. The summed E-state index contributed by atoms with van der Waals surface area (Å²) in [5.41, 5.74) is 6.56. The molecule has 13 heavy (non-hydrogen) atoms. The molecule has 0 radical (unpaired) electrons. The first-order chi connectivity index (χ1) is 6.02.